The summed E-state index contributed by atoms with van der Waals surface area (Å²) in [6.07, 6.45) is -1.96. The van der Waals surface area contributed by atoms with E-state index in [2.05, 4.69) is 0 Å². The molecule has 0 bridgehead atoms. The Bertz CT molecular complexity index is 676. The third-order valence-electron chi connectivity index (χ3n) is 4.29. The summed E-state index contributed by atoms with van der Waals surface area (Å²) in [5.74, 6) is -1.06. The van der Waals surface area contributed by atoms with Gasteiger partial charge in [0.25, 0.3) is 0 Å². The molecule has 1 aliphatic rings. The Morgan fingerprint density at radius 3 is 2.14 bits per heavy atom. The van der Waals surface area contributed by atoms with Crippen molar-refractivity contribution < 1.29 is 33.3 Å². The Hall–Kier alpha value is -2.06. The number of esters is 3. The first-order valence-electron chi connectivity index (χ1n) is 9.06. The molecule has 0 N–H and O–H groups in total. The Labute approximate surface area is 169 Å². The van der Waals surface area contributed by atoms with Gasteiger partial charge in [-0.2, -0.15) is 0 Å². The third kappa shape index (κ3) is 6.53. The number of rotatable bonds is 7. The van der Waals surface area contributed by atoms with Crippen molar-refractivity contribution in [3.8, 4) is 0 Å². The molecule has 1 heterocycles. The molecule has 1 saturated heterocycles. The highest BCUT2D eigenvalue weighted by Crippen LogP contribution is 2.37. The average Bonchev–Trinajstić information content (AvgIpc) is 2.63. The number of hydrogen-bond donors (Lipinski definition) is 0. The van der Waals surface area contributed by atoms with E-state index < -0.39 is 41.7 Å². The van der Waals surface area contributed by atoms with Crippen LogP contribution in [0.2, 0.25) is 0 Å². The lowest BCUT2D eigenvalue weighted by Crippen LogP contribution is -2.56. The van der Waals surface area contributed by atoms with Gasteiger partial charge < -0.3 is 18.9 Å². The summed E-state index contributed by atoms with van der Waals surface area (Å²) >= 11 is 1.48. The van der Waals surface area contributed by atoms with Crippen LogP contribution < -0.4 is 0 Å². The number of carbonyl (C=O) groups is 3. The Morgan fingerprint density at radius 2 is 1.57 bits per heavy atom. The molecule has 0 amide bonds. The smallest absolute Gasteiger partial charge is 0.303 e. The van der Waals surface area contributed by atoms with Crippen molar-refractivity contribution in [1.29, 1.82) is 0 Å². The van der Waals surface area contributed by atoms with Crippen molar-refractivity contribution in [3.05, 3.63) is 35.9 Å². The highest BCUT2D eigenvalue weighted by Gasteiger charge is 2.47. The average molecular weight is 410 g/mol. The predicted molar refractivity (Wildman–Crippen MR) is 103 cm³/mol. The van der Waals surface area contributed by atoms with Gasteiger partial charge in [-0.1, -0.05) is 37.3 Å². The summed E-state index contributed by atoms with van der Waals surface area (Å²) in [6.45, 7) is 5.72. The normalized spacial score (nSPS) is 26.9. The lowest BCUT2D eigenvalue weighted by molar-refractivity contribution is -0.212. The maximum absolute atomic E-state index is 11.6. The second kappa shape index (κ2) is 10.5. The lowest BCUT2D eigenvalue weighted by Gasteiger charge is -2.43. The van der Waals surface area contributed by atoms with E-state index in [0.717, 1.165) is 5.56 Å². The molecule has 0 aromatic heterocycles. The number of ether oxygens (including phenoxy) is 4. The second-order valence-electron chi connectivity index (χ2n) is 6.65. The van der Waals surface area contributed by atoms with Crippen molar-refractivity contribution in [2.75, 3.05) is 6.61 Å². The fourth-order valence-electron chi connectivity index (χ4n) is 3.05. The number of benzene rings is 1. The lowest BCUT2D eigenvalue weighted by atomic mass is 9.91. The first kappa shape index (κ1) is 22.2. The van der Waals surface area contributed by atoms with Gasteiger partial charge in [-0.3, -0.25) is 14.4 Å². The van der Waals surface area contributed by atoms with Crippen LogP contribution in [0.15, 0.2) is 30.3 Å². The van der Waals surface area contributed by atoms with Gasteiger partial charge in [0, 0.05) is 32.4 Å². The molecule has 154 valence electrons. The molecular weight excluding hydrogens is 384 g/mol. The summed E-state index contributed by atoms with van der Waals surface area (Å²) < 4.78 is 22.1. The molecule has 2 rings (SSSR count). The molecule has 3 unspecified atom stereocenters. The first-order chi connectivity index (χ1) is 13.3. The molecule has 1 fully saturated rings. The van der Waals surface area contributed by atoms with Crippen molar-refractivity contribution >= 4 is 29.7 Å². The van der Waals surface area contributed by atoms with Crippen molar-refractivity contribution in [1.82, 2.24) is 0 Å². The first-order valence-corrected chi connectivity index (χ1v) is 10.1. The minimum Gasteiger partial charge on any atom is -0.463 e. The second-order valence-corrected chi connectivity index (χ2v) is 7.74. The van der Waals surface area contributed by atoms with Crippen LogP contribution in [0.3, 0.4) is 0 Å². The van der Waals surface area contributed by atoms with Gasteiger partial charge >= 0.3 is 17.9 Å². The molecule has 28 heavy (non-hydrogen) atoms. The quantitative estimate of drug-likeness (QED) is 0.501. The van der Waals surface area contributed by atoms with Crippen LogP contribution in [0, 0.1) is 5.92 Å². The van der Waals surface area contributed by atoms with Crippen molar-refractivity contribution in [2.24, 2.45) is 5.92 Å². The number of hydrogen-bond acceptors (Lipinski definition) is 8. The number of carbonyl (C=O) groups excluding carboxylic acids is 3. The molecule has 0 radical (unpaired) electrons. The molecule has 0 saturated carbocycles. The van der Waals surface area contributed by atoms with Crippen LogP contribution in [0.4, 0.5) is 0 Å². The summed E-state index contributed by atoms with van der Waals surface area (Å²) in [5, 5.41) is 0. The largest absolute Gasteiger partial charge is 0.463 e. The summed E-state index contributed by atoms with van der Waals surface area (Å²) in [4.78, 5) is 34.4. The van der Waals surface area contributed by atoms with E-state index in [1.165, 1.54) is 32.5 Å². The van der Waals surface area contributed by atoms with Crippen LogP contribution in [0.25, 0.3) is 0 Å². The summed E-state index contributed by atoms with van der Waals surface area (Å²) in [6, 6.07) is 9.83. The highest BCUT2D eigenvalue weighted by molar-refractivity contribution is 7.99. The topological polar surface area (TPSA) is 88.1 Å². The van der Waals surface area contributed by atoms with Gasteiger partial charge in [-0.05, 0) is 5.56 Å². The summed E-state index contributed by atoms with van der Waals surface area (Å²) in [7, 11) is 0. The van der Waals surface area contributed by atoms with E-state index in [0.29, 0.717) is 5.75 Å². The van der Waals surface area contributed by atoms with Gasteiger partial charge in [0.2, 0.25) is 0 Å². The zero-order chi connectivity index (χ0) is 20.7. The van der Waals surface area contributed by atoms with E-state index in [-0.39, 0.29) is 12.5 Å². The zero-order valence-electron chi connectivity index (χ0n) is 16.5. The Morgan fingerprint density at radius 1 is 0.964 bits per heavy atom. The van der Waals surface area contributed by atoms with Crippen molar-refractivity contribution in [3.63, 3.8) is 0 Å². The van der Waals surface area contributed by atoms with Gasteiger partial charge in [-0.25, -0.2) is 0 Å². The van der Waals surface area contributed by atoms with Gasteiger partial charge in [0.15, 0.2) is 0 Å². The van der Waals surface area contributed by atoms with Crippen LogP contribution in [-0.4, -0.2) is 48.3 Å². The highest BCUT2D eigenvalue weighted by atomic mass is 32.2. The fraction of sp³-hybridized carbons (Fsp3) is 0.550. The minimum absolute atomic E-state index is 0.0488. The molecule has 0 spiro atoms. The molecule has 8 heteroatoms. The van der Waals surface area contributed by atoms with Crippen LogP contribution in [-0.2, 0) is 39.1 Å². The van der Waals surface area contributed by atoms with E-state index in [9.17, 15) is 14.4 Å². The Kier molecular flexibility index (Phi) is 8.32. The molecule has 1 aromatic carbocycles. The minimum atomic E-state index is -0.699. The van der Waals surface area contributed by atoms with Crippen LogP contribution in [0.1, 0.15) is 33.3 Å². The maximum Gasteiger partial charge on any atom is 0.303 e. The van der Waals surface area contributed by atoms with Crippen LogP contribution >= 0.6 is 11.8 Å². The third-order valence-corrected chi connectivity index (χ3v) is 5.50. The SMILES string of the molecule is CC(=O)OCC1O[C@H](SCc2ccccc2)C(OC(C)=O)C(C)[C@H]1OC(C)=O. The molecule has 1 aliphatic heterocycles. The van der Waals surface area contributed by atoms with E-state index in [1.54, 1.807) is 0 Å². The van der Waals surface area contributed by atoms with E-state index >= 15 is 0 Å². The number of thioether (sulfide) groups is 1. The summed E-state index contributed by atoms with van der Waals surface area (Å²) in [5.41, 5.74) is 0.607. The van der Waals surface area contributed by atoms with Gasteiger partial charge in [0.05, 0.1) is 0 Å². The molecule has 1 aromatic rings. The fourth-order valence-corrected chi connectivity index (χ4v) is 4.31. The van der Waals surface area contributed by atoms with E-state index in [1.807, 2.05) is 37.3 Å². The maximum atomic E-state index is 11.6. The van der Waals surface area contributed by atoms with Crippen LogP contribution in [0.5, 0.6) is 0 Å². The molecular formula is C20H26O7S. The molecule has 7 nitrogen and oxygen atoms in total. The van der Waals surface area contributed by atoms with Crippen molar-refractivity contribution in [2.45, 2.75) is 57.2 Å². The molecule has 5 atom stereocenters. The van der Waals surface area contributed by atoms with E-state index in [4.69, 9.17) is 18.9 Å². The standard InChI is InChI=1S/C20H26O7S/c1-12-18(25-14(3)22)17(10-24-13(2)21)27-20(19(12)26-15(4)23)28-11-16-8-6-5-7-9-16/h5-9,12,17-20H,10-11H2,1-4H3/t12?,17?,18-,19?,20-/m1/s1. The van der Waals surface area contributed by atoms with Gasteiger partial charge in [0.1, 0.15) is 30.4 Å². The predicted octanol–water partition coefficient (Wildman–Crippen LogP) is 2.71. The molecule has 0 aliphatic carbocycles. The Balaban J connectivity index is 2.19. The van der Waals surface area contributed by atoms with Gasteiger partial charge in [-0.15, -0.1) is 11.8 Å². The monoisotopic (exact) mass is 410 g/mol. The zero-order valence-corrected chi connectivity index (χ0v) is 17.3.